The van der Waals surface area contributed by atoms with Gasteiger partial charge >= 0.3 is 0 Å². The van der Waals surface area contributed by atoms with E-state index in [0.717, 1.165) is 5.92 Å². The van der Waals surface area contributed by atoms with E-state index < -0.39 is 0 Å². The molecule has 5 heavy (non-hydrogen) atoms. The van der Waals surface area contributed by atoms with E-state index in [1.165, 1.54) is 6.16 Å². The predicted octanol–water partition coefficient (Wildman–Crippen LogP) is 1.25. The van der Waals surface area contributed by atoms with Crippen LogP contribution in [-0.4, -0.2) is 6.16 Å². The van der Waals surface area contributed by atoms with E-state index in [-0.39, 0.29) is 0 Å². The molecule has 0 nitrogen and oxygen atoms in total. The van der Waals surface area contributed by atoms with Crippen LogP contribution in [0.5, 0.6) is 0 Å². The first-order chi connectivity index (χ1) is 2.27. The minimum absolute atomic E-state index is 0.897. The van der Waals surface area contributed by atoms with Crippen LogP contribution in [0.3, 0.4) is 0 Å². The fourth-order valence-corrected chi connectivity index (χ4v) is 0. The Morgan fingerprint density at radius 1 is 1.60 bits per heavy atom. The average Bonchev–Trinajstić information content (AvgIpc) is 1.38. The Labute approximate surface area is 36.2 Å². The van der Waals surface area contributed by atoms with Gasteiger partial charge in [0.05, 0.1) is 6.16 Å². The second kappa shape index (κ2) is 2.66. The Balaban J connectivity index is 2.54. The molecule has 0 amide bonds. The largest absolute Gasteiger partial charge is 0.0593 e. The van der Waals surface area contributed by atoms with Crippen LogP contribution in [0.25, 0.3) is 0 Å². The van der Waals surface area contributed by atoms with Gasteiger partial charge < -0.3 is 0 Å². The first kappa shape index (κ1) is 5.43. The molecule has 1 unspecified atom stereocenters. The third-order valence-electron chi connectivity index (χ3n) is 0.577. The second-order valence-corrected chi connectivity index (χ2v) is 2.26. The summed E-state index contributed by atoms with van der Waals surface area (Å²) >= 11 is 0. The average molecular weight is 91.1 g/mol. The fourth-order valence-electron chi connectivity index (χ4n) is 0. The zero-order valence-electron chi connectivity index (χ0n) is 3.99. The maximum atomic E-state index is 2.23. The molecule has 1 heteroatoms. The van der Waals surface area contributed by atoms with Crippen LogP contribution >= 0.6 is 9.24 Å². The molecule has 0 aliphatic carbocycles. The lowest BCUT2D eigenvalue weighted by Gasteiger charge is -1.86. The van der Waals surface area contributed by atoms with Gasteiger partial charge in [0.2, 0.25) is 0 Å². The molecule has 0 fully saturated rings. The van der Waals surface area contributed by atoms with E-state index >= 15 is 0 Å². The van der Waals surface area contributed by atoms with E-state index in [9.17, 15) is 0 Å². The molecular formula is C4H12P+. The van der Waals surface area contributed by atoms with Gasteiger partial charge in [-0.15, -0.1) is 0 Å². The molecule has 1 atom stereocenters. The predicted molar refractivity (Wildman–Crippen MR) is 30.8 cm³/mol. The standard InChI is InChI=1S/C4H11P/c1-4(2)3-5/h4H,3,5H2,1-2H3/p+1. The molecule has 0 radical (unpaired) electrons. The monoisotopic (exact) mass is 91.1 g/mol. The molecule has 0 aromatic rings. The van der Waals surface area contributed by atoms with Gasteiger partial charge in [-0.2, -0.15) is 0 Å². The van der Waals surface area contributed by atoms with E-state index in [4.69, 9.17) is 0 Å². The third kappa shape index (κ3) is 4.43. The van der Waals surface area contributed by atoms with Crippen molar-refractivity contribution in [3.8, 4) is 0 Å². The first-order valence-electron chi connectivity index (χ1n) is 2.06. The van der Waals surface area contributed by atoms with Gasteiger partial charge in [0.25, 0.3) is 0 Å². The van der Waals surface area contributed by atoms with Gasteiger partial charge in [-0.25, -0.2) is 0 Å². The maximum absolute atomic E-state index is 2.23. The lowest BCUT2D eigenvalue weighted by Crippen LogP contribution is -1.82. The molecule has 0 rings (SSSR count). The van der Waals surface area contributed by atoms with Crippen LogP contribution in [-0.2, 0) is 0 Å². The minimum Gasteiger partial charge on any atom is -0.0593 e. The lowest BCUT2D eigenvalue weighted by atomic mass is 10.3. The molecule has 0 aromatic carbocycles. The summed E-state index contributed by atoms with van der Waals surface area (Å²) in [5.41, 5.74) is 0. The van der Waals surface area contributed by atoms with Crippen molar-refractivity contribution in [3.05, 3.63) is 0 Å². The first-order valence-corrected chi connectivity index (χ1v) is 3.06. The van der Waals surface area contributed by atoms with Gasteiger partial charge in [-0.05, 0) is 15.2 Å². The van der Waals surface area contributed by atoms with Crippen molar-refractivity contribution in [1.82, 2.24) is 0 Å². The van der Waals surface area contributed by atoms with Gasteiger partial charge in [-0.1, -0.05) is 13.8 Å². The zero-order valence-corrected chi connectivity index (χ0v) is 5.41. The summed E-state index contributed by atoms with van der Waals surface area (Å²) in [7, 11) is 2.03. The summed E-state index contributed by atoms with van der Waals surface area (Å²) in [5, 5.41) is 0. The second-order valence-electron chi connectivity index (χ2n) is 1.68. The van der Waals surface area contributed by atoms with Crippen molar-refractivity contribution in [3.63, 3.8) is 0 Å². The Kier molecular flexibility index (Phi) is 2.88. The van der Waals surface area contributed by atoms with E-state index in [1.54, 1.807) is 0 Å². The van der Waals surface area contributed by atoms with Gasteiger partial charge in [0.1, 0.15) is 0 Å². The topological polar surface area (TPSA) is 0 Å². The molecule has 0 spiro atoms. The van der Waals surface area contributed by atoms with Crippen LogP contribution in [0.1, 0.15) is 13.8 Å². The molecule has 32 valence electrons. The lowest BCUT2D eigenvalue weighted by molar-refractivity contribution is 0.750. The van der Waals surface area contributed by atoms with Crippen LogP contribution in [0.15, 0.2) is 0 Å². The van der Waals surface area contributed by atoms with Crippen LogP contribution in [0, 0.1) is 5.92 Å². The highest BCUT2D eigenvalue weighted by atomic mass is 31.0. The highest BCUT2D eigenvalue weighted by Gasteiger charge is 1.84. The number of rotatable bonds is 1. The summed E-state index contributed by atoms with van der Waals surface area (Å²) < 4.78 is 0. The minimum atomic E-state index is 0.897. The smallest absolute Gasteiger partial charge is 0.0549 e. The van der Waals surface area contributed by atoms with Crippen molar-refractivity contribution in [2.24, 2.45) is 5.92 Å². The normalized spacial score (nSPS) is 10.2. The maximum Gasteiger partial charge on any atom is 0.0549 e. The van der Waals surface area contributed by atoms with Gasteiger partial charge in [-0.3, -0.25) is 0 Å². The SMILES string of the molecule is CC(C)C[PH3+]. The number of hydrogen-bond acceptors (Lipinski definition) is 0. The van der Waals surface area contributed by atoms with Crippen molar-refractivity contribution in [2.75, 3.05) is 6.16 Å². The molecular weight excluding hydrogens is 79.0 g/mol. The summed E-state index contributed by atoms with van der Waals surface area (Å²) in [4.78, 5) is 0. The molecule has 0 saturated heterocycles. The molecule has 0 bridgehead atoms. The van der Waals surface area contributed by atoms with E-state index in [0.29, 0.717) is 0 Å². The summed E-state index contributed by atoms with van der Waals surface area (Å²) in [6.45, 7) is 4.46. The Morgan fingerprint density at radius 2 is 1.80 bits per heavy atom. The summed E-state index contributed by atoms with van der Waals surface area (Å²) in [6.07, 6.45) is 1.33. The molecule has 0 saturated carbocycles. The summed E-state index contributed by atoms with van der Waals surface area (Å²) in [6, 6.07) is 0. The van der Waals surface area contributed by atoms with Gasteiger partial charge in [0.15, 0.2) is 0 Å². The Morgan fingerprint density at radius 3 is 1.80 bits per heavy atom. The zero-order chi connectivity index (χ0) is 4.28. The van der Waals surface area contributed by atoms with E-state index in [2.05, 4.69) is 13.8 Å². The third-order valence-corrected chi connectivity index (χ3v) is 1.73. The highest BCUT2D eigenvalue weighted by molar-refractivity contribution is 7.16. The van der Waals surface area contributed by atoms with E-state index in [1.807, 2.05) is 9.24 Å². The fraction of sp³-hybridized carbons (Fsp3) is 1.00. The number of hydrogen-bond donors (Lipinski definition) is 0. The Hall–Kier alpha value is 0.430. The van der Waals surface area contributed by atoms with Crippen molar-refractivity contribution in [2.45, 2.75) is 13.8 Å². The molecule has 0 N–H and O–H groups in total. The van der Waals surface area contributed by atoms with Gasteiger partial charge in [0, 0.05) is 0 Å². The van der Waals surface area contributed by atoms with Crippen LogP contribution < -0.4 is 0 Å². The molecule has 0 aliphatic rings. The molecule has 0 aliphatic heterocycles. The quantitative estimate of drug-likeness (QED) is 0.426. The summed E-state index contributed by atoms with van der Waals surface area (Å²) in [5.74, 6) is 0.897. The van der Waals surface area contributed by atoms with Crippen LogP contribution in [0.4, 0.5) is 0 Å². The Bertz CT molecular complexity index is 17.6. The van der Waals surface area contributed by atoms with Crippen molar-refractivity contribution >= 4 is 9.24 Å². The highest BCUT2D eigenvalue weighted by Crippen LogP contribution is 1.94. The molecule has 0 aromatic heterocycles. The van der Waals surface area contributed by atoms with Crippen LogP contribution in [0.2, 0.25) is 0 Å². The van der Waals surface area contributed by atoms with Crippen molar-refractivity contribution in [1.29, 1.82) is 0 Å². The molecule has 0 heterocycles. The van der Waals surface area contributed by atoms with Crippen molar-refractivity contribution < 1.29 is 0 Å².